The molecule has 4 aliphatic carbocycles. The zero-order chi connectivity index (χ0) is 20.8. The van der Waals surface area contributed by atoms with Crippen molar-refractivity contribution in [2.75, 3.05) is 6.67 Å². The van der Waals surface area contributed by atoms with Crippen LogP contribution in [0.25, 0.3) is 0 Å². The summed E-state index contributed by atoms with van der Waals surface area (Å²) in [5.41, 5.74) is 2.06. The van der Waals surface area contributed by atoms with Gasteiger partial charge in [0.15, 0.2) is 0 Å². The normalized spacial score (nSPS) is 47.7. The van der Waals surface area contributed by atoms with E-state index in [1.807, 2.05) is 6.92 Å². The van der Waals surface area contributed by atoms with Crippen LogP contribution in [0.15, 0.2) is 11.6 Å². The Morgan fingerprint density at radius 1 is 1.14 bits per heavy atom. The third-order valence-electron chi connectivity index (χ3n) is 10.0. The second-order valence-electron chi connectivity index (χ2n) is 11.7. The molecule has 0 heterocycles. The fourth-order valence-corrected chi connectivity index (χ4v) is 8.21. The number of aliphatic hydroxyl groups is 2. The fraction of sp³-hybridized carbons (Fsp3) is 0.923. The zero-order valence-electron chi connectivity index (χ0n) is 18.9. The summed E-state index contributed by atoms with van der Waals surface area (Å²) in [7, 11) is 0. The summed E-state index contributed by atoms with van der Waals surface area (Å²) in [6, 6.07) is 0. The van der Waals surface area contributed by atoms with E-state index in [0.717, 1.165) is 63.7 Å². The number of unbranched alkanes of at least 4 members (excludes halogenated alkanes) is 1. The quantitative estimate of drug-likeness (QED) is 0.415. The van der Waals surface area contributed by atoms with Crippen LogP contribution in [0.3, 0.4) is 0 Å². The molecule has 9 atom stereocenters. The van der Waals surface area contributed by atoms with E-state index in [-0.39, 0.29) is 35.6 Å². The number of allylic oxidation sites excluding steroid dienone is 1. The average Bonchev–Trinajstić information content (AvgIpc) is 2.95. The van der Waals surface area contributed by atoms with Crippen molar-refractivity contribution >= 4 is 0 Å². The second kappa shape index (κ2) is 8.26. The number of halogens is 1. The SMILES string of the molecule is CC(CF)CCCCC1C(O)CC2C3CC=C4CC(O)CCC4(C)C3CCC12C. The van der Waals surface area contributed by atoms with E-state index in [0.29, 0.717) is 17.8 Å². The Bertz CT molecular complexity index is 618. The minimum absolute atomic E-state index is 0.141. The first-order valence-corrected chi connectivity index (χ1v) is 12.4. The van der Waals surface area contributed by atoms with Crippen LogP contribution in [-0.2, 0) is 0 Å². The van der Waals surface area contributed by atoms with Gasteiger partial charge in [0.25, 0.3) is 0 Å². The molecular weight excluding hydrogens is 363 g/mol. The molecule has 2 N–H and O–H groups in total. The first-order chi connectivity index (χ1) is 13.8. The largest absolute Gasteiger partial charge is 0.393 e. The van der Waals surface area contributed by atoms with Gasteiger partial charge >= 0.3 is 0 Å². The molecule has 0 aromatic heterocycles. The maximum Gasteiger partial charge on any atom is 0.0919 e. The molecule has 0 aromatic rings. The van der Waals surface area contributed by atoms with Crippen LogP contribution in [-0.4, -0.2) is 29.1 Å². The maximum absolute atomic E-state index is 12.7. The molecule has 166 valence electrons. The Balaban J connectivity index is 1.46. The molecular formula is C26H43FO2. The lowest BCUT2D eigenvalue weighted by molar-refractivity contribution is -0.0533. The van der Waals surface area contributed by atoms with Gasteiger partial charge in [-0.2, -0.15) is 0 Å². The van der Waals surface area contributed by atoms with Gasteiger partial charge in [-0.1, -0.05) is 45.3 Å². The Hall–Kier alpha value is -0.410. The summed E-state index contributed by atoms with van der Waals surface area (Å²) in [5, 5.41) is 21.2. The van der Waals surface area contributed by atoms with Gasteiger partial charge in [0.2, 0.25) is 0 Å². The van der Waals surface area contributed by atoms with Crippen molar-refractivity contribution in [1.29, 1.82) is 0 Å². The van der Waals surface area contributed by atoms with E-state index in [9.17, 15) is 14.6 Å². The molecule has 0 radical (unpaired) electrons. The Labute approximate surface area is 177 Å². The predicted octanol–water partition coefficient (Wildman–Crippen LogP) is 6.06. The molecule has 3 fully saturated rings. The molecule has 4 aliphatic rings. The minimum atomic E-state index is -0.208. The predicted molar refractivity (Wildman–Crippen MR) is 116 cm³/mol. The second-order valence-corrected chi connectivity index (χ2v) is 11.7. The number of aliphatic hydroxyl groups excluding tert-OH is 2. The van der Waals surface area contributed by atoms with Gasteiger partial charge in [0, 0.05) is 0 Å². The van der Waals surface area contributed by atoms with E-state index in [2.05, 4.69) is 19.9 Å². The third-order valence-corrected chi connectivity index (χ3v) is 10.0. The maximum atomic E-state index is 12.7. The highest BCUT2D eigenvalue weighted by atomic mass is 19.1. The van der Waals surface area contributed by atoms with Crippen molar-refractivity contribution < 1.29 is 14.6 Å². The van der Waals surface area contributed by atoms with E-state index in [1.54, 1.807) is 0 Å². The Morgan fingerprint density at radius 3 is 2.69 bits per heavy atom. The molecule has 0 saturated heterocycles. The molecule has 2 nitrogen and oxygen atoms in total. The first-order valence-electron chi connectivity index (χ1n) is 12.4. The van der Waals surface area contributed by atoms with Crippen molar-refractivity contribution in [3.05, 3.63) is 11.6 Å². The zero-order valence-corrected chi connectivity index (χ0v) is 18.9. The standard InChI is InChI=1S/C26H43FO2/c1-17(16-27)6-4-5-7-22-24(29)15-23-20-9-8-18-14-19(28)10-12-25(18,2)21(20)11-13-26(22,23)3/h8,17,19-24,28-29H,4-7,9-16H2,1-3H3. The van der Waals surface area contributed by atoms with Gasteiger partial charge in [-0.3, -0.25) is 4.39 Å². The topological polar surface area (TPSA) is 40.5 Å². The van der Waals surface area contributed by atoms with Crippen molar-refractivity contribution in [3.8, 4) is 0 Å². The summed E-state index contributed by atoms with van der Waals surface area (Å²) >= 11 is 0. The molecule has 0 bridgehead atoms. The van der Waals surface area contributed by atoms with Crippen molar-refractivity contribution in [2.24, 2.45) is 40.4 Å². The van der Waals surface area contributed by atoms with Crippen LogP contribution in [0.1, 0.15) is 91.4 Å². The highest BCUT2D eigenvalue weighted by Crippen LogP contribution is 2.66. The van der Waals surface area contributed by atoms with Crippen LogP contribution in [0.2, 0.25) is 0 Å². The number of alkyl halides is 1. The number of fused-ring (bicyclic) bond motifs is 5. The lowest BCUT2D eigenvalue weighted by Crippen LogP contribution is -2.50. The summed E-state index contributed by atoms with van der Waals surface area (Å²) in [5.74, 6) is 2.65. The van der Waals surface area contributed by atoms with Crippen LogP contribution >= 0.6 is 0 Å². The molecule has 4 rings (SSSR count). The van der Waals surface area contributed by atoms with E-state index < -0.39 is 0 Å². The average molecular weight is 407 g/mol. The minimum Gasteiger partial charge on any atom is -0.393 e. The van der Waals surface area contributed by atoms with E-state index >= 15 is 0 Å². The smallest absolute Gasteiger partial charge is 0.0919 e. The van der Waals surface area contributed by atoms with Gasteiger partial charge in [-0.05, 0) is 98.2 Å². The number of rotatable bonds is 6. The van der Waals surface area contributed by atoms with Gasteiger partial charge in [-0.15, -0.1) is 0 Å². The van der Waals surface area contributed by atoms with Crippen molar-refractivity contribution in [2.45, 2.75) is 104 Å². The summed E-state index contributed by atoms with van der Waals surface area (Å²) in [6.45, 7) is 6.74. The van der Waals surface area contributed by atoms with Crippen LogP contribution < -0.4 is 0 Å². The molecule has 0 aliphatic heterocycles. The highest BCUT2D eigenvalue weighted by molar-refractivity contribution is 5.25. The lowest BCUT2D eigenvalue weighted by atomic mass is 9.47. The lowest BCUT2D eigenvalue weighted by Gasteiger charge is -2.58. The van der Waals surface area contributed by atoms with E-state index in [1.165, 1.54) is 18.4 Å². The molecule has 0 aromatic carbocycles. The number of hydrogen-bond donors (Lipinski definition) is 2. The highest BCUT2D eigenvalue weighted by Gasteiger charge is 2.60. The summed E-state index contributed by atoms with van der Waals surface area (Å²) in [6.07, 6.45) is 14.1. The monoisotopic (exact) mass is 406 g/mol. The van der Waals surface area contributed by atoms with Crippen molar-refractivity contribution in [3.63, 3.8) is 0 Å². The van der Waals surface area contributed by atoms with Crippen LogP contribution in [0.5, 0.6) is 0 Å². The molecule has 3 heteroatoms. The van der Waals surface area contributed by atoms with E-state index in [4.69, 9.17) is 0 Å². The van der Waals surface area contributed by atoms with Gasteiger partial charge in [0.05, 0.1) is 18.9 Å². The molecule has 0 spiro atoms. The first kappa shape index (κ1) is 21.8. The fourth-order valence-electron chi connectivity index (χ4n) is 8.21. The molecule has 29 heavy (non-hydrogen) atoms. The van der Waals surface area contributed by atoms with Crippen molar-refractivity contribution in [1.82, 2.24) is 0 Å². The third kappa shape index (κ3) is 3.73. The molecule has 9 unspecified atom stereocenters. The summed E-state index contributed by atoms with van der Waals surface area (Å²) < 4.78 is 12.7. The Kier molecular flexibility index (Phi) is 6.21. The van der Waals surface area contributed by atoms with Gasteiger partial charge in [-0.25, -0.2) is 0 Å². The van der Waals surface area contributed by atoms with Gasteiger partial charge < -0.3 is 10.2 Å². The number of hydrogen-bond acceptors (Lipinski definition) is 2. The molecule has 3 saturated carbocycles. The van der Waals surface area contributed by atoms with Crippen LogP contribution in [0, 0.1) is 40.4 Å². The van der Waals surface area contributed by atoms with Gasteiger partial charge in [0.1, 0.15) is 0 Å². The summed E-state index contributed by atoms with van der Waals surface area (Å²) in [4.78, 5) is 0. The molecule has 0 amide bonds. The Morgan fingerprint density at radius 2 is 1.93 bits per heavy atom. The van der Waals surface area contributed by atoms with Crippen LogP contribution in [0.4, 0.5) is 4.39 Å².